The predicted molar refractivity (Wildman–Crippen MR) is 145 cm³/mol. The van der Waals surface area contributed by atoms with E-state index in [0.29, 0.717) is 0 Å². The normalized spacial score (nSPS) is 13.7. The highest BCUT2D eigenvalue weighted by molar-refractivity contribution is 7.06. The molecule has 1 rings (SSSR count). The second-order valence-electron chi connectivity index (χ2n) is 7.59. The summed E-state index contributed by atoms with van der Waals surface area (Å²) in [5.74, 6) is 0. The lowest BCUT2D eigenvalue weighted by molar-refractivity contribution is 0.181. The molecule has 0 saturated carbocycles. The largest absolute Gasteiger partial charge is 0.427 e. The monoisotopic (exact) mass is 542 g/mol. The molecule has 1 saturated heterocycles. The summed E-state index contributed by atoms with van der Waals surface area (Å²) in [6.45, 7) is 13.7. The van der Waals surface area contributed by atoms with Gasteiger partial charge >= 0.3 is 25.1 Å². The van der Waals surface area contributed by atoms with Crippen molar-refractivity contribution >= 4 is 33.8 Å². The first-order chi connectivity index (χ1) is 15.2. The molecule has 1 aliphatic heterocycles. The van der Waals surface area contributed by atoms with E-state index < -0.39 is 33.8 Å². The molecule has 33 heavy (non-hydrogen) atoms. The van der Waals surface area contributed by atoms with Gasteiger partial charge in [-0.3, -0.25) is 4.57 Å². The molecule has 0 atom stereocenters. The zero-order valence-electron chi connectivity index (χ0n) is 21.9. The van der Waals surface area contributed by atoms with Gasteiger partial charge in [0.1, 0.15) is 0 Å². The molecule has 8 nitrogen and oxygen atoms in total. The number of rotatable bonds is 13. The van der Waals surface area contributed by atoms with Gasteiger partial charge in [-0.15, -0.1) is 0 Å². The lowest BCUT2D eigenvalue weighted by Crippen LogP contribution is -2.53. The Morgan fingerprint density at radius 3 is 1.79 bits per heavy atom. The molecule has 0 bridgehead atoms. The third kappa shape index (κ3) is 23.6. The quantitative estimate of drug-likeness (QED) is 0.266. The van der Waals surface area contributed by atoms with E-state index in [1.165, 1.54) is 45.2 Å². The van der Waals surface area contributed by atoms with Crippen molar-refractivity contribution in [2.24, 2.45) is 0 Å². The molecular weight excluding hydrogens is 489 g/mol. The minimum atomic E-state index is -1.91. The fourth-order valence-electron chi connectivity index (χ4n) is 2.89. The first-order valence-corrected chi connectivity index (χ1v) is 20.6. The highest BCUT2D eigenvalue weighted by atomic mass is 29.2. The van der Waals surface area contributed by atoms with E-state index in [1.54, 1.807) is 14.2 Å². The molecule has 2 N–H and O–H groups in total. The average Bonchev–Trinajstić information content (AvgIpc) is 3.20. The zero-order chi connectivity index (χ0) is 25.4. The summed E-state index contributed by atoms with van der Waals surface area (Å²) in [5.41, 5.74) is 0. The number of hydrogen-bond acceptors (Lipinski definition) is 8. The molecule has 200 valence electrons. The molecule has 0 aromatic carbocycles. The summed E-state index contributed by atoms with van der Waals surface area (Å²) in [6, 6.07) is 2.04. The minimum Gasteiger partial charge on any atom is -0.400 e. The van der Waals surface area contributed by atoms with Crippen LogP contribution in [-0.2, 0) is 22.2 Å². The third-order valence-electron chi connectivity index (χ3n) is 4.91. The molecule has 0 unspecified atom stereocenters. The lowest BCUT2D eigenvalue weighted by Gasteiger charge is -2.31. The topological polar surface area (TPSA) is 105 Å². The molecule has 1 heterocycles. The van der Waals surface area contributed by atoms with Crippen LogP contribution < -0.4 is 5.32 Å². The number of aliphatic hydroxyl groups excluding tert-OH is 1. The van der Waals surface area contributed by atoms with Crippen LogP contribution >= 0.6 is 0 Å². The Balaban J connectivity index is -0.000000192. The van der Waals surface area contributed by atoms with Gasteiger partial charge in [-0.05, 0) is 77.5 Å². The summed E-state index contributed by atoms with van der Waals surface area (Å²) in [4.78, 5) is 0. The van der Waals surface area contributed by atoms with Gasteiger partial charge in [-0.1, -0.05) is 34.1 Å². The summed E-state index contributed by atoms with van der Waals surface area (Å²) >= 11 is 0. The van der Waals surface area contributed by atoms with Crippen molar-refractivity contribution in [3.05, 3.63) is 0 Å². The van der Waals surface area contributed by atoms with E-state index >= 15 is 0 Å². The average molecular weight is 543 g/mol. The molecule has 0 aliphatic carbocycles. The van der Waals surface area contributed by atoms with Crippen molar-refractivity contribution in [1.29, 1.82) is 0 Å². The molecule has 0 aromatic heterocycles. The SMILES string of the molecule is C.CCCCN1CCC[Si]1(OC)OC.CCCCNCCC[Si](C)=O.CO.C[Si](=O)[Si](C)=O. The van der Waals surface area contributed by atoms with Crippen LogP contribution in [0.15, 0.2) is 0 Å². The highest BCUT2D eigenvalue weighted by Gasteiger charge is 2.46. The van der Waals surface area contributed by atoms with Crippen LogP contribution in [-0.4, -0.2) is 91.0 Å². The summed E-state index contributed by atoms with van der Waals surface area (Å²) in [7, 11) is -1.86. The predicted octanol–water partition coefficient (Wildman–Crippen LogP) is 3.95. The van der Waals surface area contributed by atoms with Gasteiger partial charge in [0.25, 0.3) is 8.68 Å². The Kier molecular flexibility index (Phi) is 34.5. The molecular formula is C21H54N2O6Si4. The molecule has 0 spiro atoms. The number of unbranched alkanes of at least 4 members (excludes halogenated alkanes) is 2. The smallest absolute Gasteiger partial charge is 0.400 e. The van der Waals surface area contributed by atoms with E-state index in [0.717, 1.165) is 51.8 Å². The summed E-state index contributed by atoms with van der Waals surface area (Å²) < 4.78 is 44.5. The van der Waals surface area contributed by atoms with Crippen LogP contribution in [0.2, 0.25) is 31.7 Å². The lowest BCUT2D eigenvalue weighted by atomic mass is 10.3. The van der Waals surface area contributed by atoms with Gasteiger partial charge in [-0.2, -0.15) is 0 Å². The number of nitrogens with one attached hydrogen (secondary N) is 1. The maximum absolute atomic E-state index is 10.7. The van der Waals surface area contributed by atoms with Gasteiger partial charge in [-0.25, -0.2) is 0 Å². The van der Waals surface area contributed by atoms with Crippen molar-refractivity contribution in [2.45, 2.75) is 91.5 Å². The molecule has 1 aliphatic rings. The van der Waals surface area contributed by atoms with Crippen molar-refractivity contribution in [3.8, 4) is 0 Å². The van der Waals surface area contributed by atoms with E-state index in [9.17, 15) is 13.4 Å². The van der Waals surface area contributed by atoms with Gasteiger partial charge in [0.2, 0.25) is 0 Å². The van der Waals surface area contributed by atoms with Gasteiger partial charge in [0.15, 0.2) is 0 Å². The van der Waals surface area contributed by atoms with Gasteiger partial charge < -0.3 is 32.7 Å². The molecule has 1 fully saturated rings. The number of nitrogens with zero attached hydrogens (tertiary/aromatic N) is 1. The Morgan fingerprint density at radius 2 is 1.39 bits per heavy atom. The fraction of sp³-hybridized carbons (Fsp3) is 1.00. The Hall–Kier alpha value is 0.0675. The van der Waals surface area contributed by atoms with E-state index in [4.69, 9.17) is 14.0 Å². The summed E-state index contributed by atoms with van der Waals surface area (Å²) in [5, 5.41) is 10.3. The third-order valence-corrected chi connectivity index (χ3v) is 13.6. The first-order valence-electron chi connectivity index (χ1n) is 11.7. The Bertz CT molecular complexity index is 472. The summed E-state index contributed by atoms with van der Waals surface area (Å²) in [6.07, 6.45) is 7.30. The maximum atomic E-state index is 10.7. The van der Waals surface area contributed by atoms with Crippen LogP contribution in [0.3, 0.4) is 0 Å². The van der Waals surface area contributed by atoms with E-state index in [1.807, 2.05) is 6.55 Å². The van der Waals surface area contributed by atoms with E-state index in [2.05, 4.69) is 23.7 Å². The standard InChI is InChI=1S/C9H21NO2Si.C8H19NOSi.C2H6O2Si2.CH4O.CH4/c1-4-5-7-10-8-6-9-13(10,11-2)12-3;1-3-4-6-9-7-5-8-11(2)10;1-5(3)6(2)4;1-2;/h4-9H2,1-3H3;9H,3-8H2,1-2H3;1-2H3;2H,1H3;1H4. The van der Waals surface area contributed by atoms with Gasteiger partial charge in [0.05, 0.1) is 0 Å². The van der Waals surface area contributed by atoms with Crippen LogP contribution in [0.5, 0.6) is 0 Å². The van der Waals surface area contributed by atoms with Crippen LogP contribution in [0.25, 0.3) is 0 Å². The van der Waals surface area contributed by atoms with Crippen molar-refractivity contribution in [2.75, 3.05) is 47.5 Å². The number of aliphatic hydroxyl groups is 1. The van der Waals surface area contributed by atoms with Crippen molar-refractivity contribution in [3.63, 3.8) is 0 Å². The second-order valence-corrected chi connectivity index (χ2v) is 19.3. The fourth-order valence-corrected chi connectivity index (χ4v) is 6.57. The number of hydrogen-bond donors (Lipinski definition) is 2. The van der Waals surface area contributed by atoms with Crippen LogP contribution in [0.4, 0.5) is 0 Å². The maximum Gasteiger partial charge on any atom is 0.427 e. The van der Waals surface area contributed by atoms with E-state index in [-0.39, 0.29) is 7.43 Å². The van der Waals surface area contributed by atoms with Crippen molar-refractivity contribution in [1.82, 2.24) is 9.88 Å². The van der Waals surface area contributed by atoms with Crippen LogP contribution in [0.1, 0.15) is 59.8 Å². The second kappa shape index (κ2) is 28.3. The molecule has 0 amide bonds. The Morgan fingerprint density at radius 1 is 0.909 bits per heavy atom. The Labute approximate surface area is 209 Å². The zero-order valence-corrected chi connectivity index (χ0v) is 25.9. The van der Waals surface area contributed by atoms with Crippen LogP contribution in [0, 0.1) is 0 Å². The molecule has 0 aromatic rings. The first kappa shape index (κ1) is 40.2. The molecule has 12 heteroatoms. The van der Waals surface area contributed by atoms with Crippen molar-refractivity contribution < 1.29 is 27.3 Å². The van der Waals surface area contributed by atoms with Gasteiger partial charge in [0, 0.05) is 27.4 Å². The molecule has 0 radical (unpaired) electrons. The highest BCUT2D eigenvalue weighted by Crippen LogP contribution is 2.27. The minimum absolute atomic E-state index is 0.